The minimum absolute atomic E-state index is 0.0589. The van der Waals surface area contributed by atoms with Crippen molar-refractivity contribution in [2.75, 3.05) is 23.0 Å². The molecular formula is C12H16BrNO2S. The van der Waals surface area contributed by atoms with Crippen LogP contribution in [0.4, 0.5) is 5.69 Å². The van der Waals surface area contributed by atoms with Gasteiger partial charge >= 0.3 is 0 Å². The Hall–Kier alpha value is -0.550. The van der Waals surface area contributed by atoms with E-state index in [2.05, 4.69) is 45.1 Å². The molecule has 3 nitrogen and oxygen atoms in total. The third-order valence-electron chi connectivity index (χ3n) is 3.09. The van der Waals surface area contributed by atoms with Gasteiger partial charge in [0.25, 0.3) is 0 Å². The fourth-order valence-corrected chi connectivity index (χ4v) is 4.09. The first-order chi connectivity index (χ1) is 8.02. The predicted octanol–water partition coefficient (Wildman–Crippen LogP) is 2.20. The maximum atomic E-state index is 11.5. The molecule has 2 rings (SSSR count). The van der Waals surface area contributed by atoms with Gasteiger partial charge in [-0.1, -0.05) is 28.1 Å². The van der Waals surface area contributed by atoms with Crippen LogP contribution in [0, 0.1) is 0 Å². The molecule has 0 aromatic heterocycles. The van der Waals surface area contributed by atoms with Crippen LogP contribution >= 0.6 is 15.9 Å². The monoisotopic (exact) mass is 317 g/mol. The molecule has 0 spiro atoms. The van der Waals surface area contributed by atoms with Crippen molar-refractivity contribution in [1.82, 2.24) is 0 Å². The predicted molar refractivity (Wildman–Crippen MR) is 74.5 cm³/mol. The zero-order valence-electron chi connectivity index (χ0n) is 9.77. The Morgan fingerprint density at radius 1 is 1.35 bits per heavy atom. The first kappa shape index (κ1) is 12.9. The van der Waals surface area contributed by atoms with E-state index in [0.717, 1.165) is 11.0 Å². The summed E-state index contributed by atoms with van der Waals surface area (Å²) in [6.07, 6.45) is 0. The van der Waals surface area contributed by atoms with E-state index in [1.165, 1.54) is 5.56 Å². The van der Waals surface area contributed by atoms with Crippen LogP contribution in [0.5, 0.6) is 0 Å². The number of hydrogen-bond donors (Lipinski definition) is 0. The van der Waals surface area contributed by atoms with Crippen molar-refractivity contribution in [3.63, 3.8) is 0 Å². The molecule has 1 saturated heterocycles. The molecule has 17 heavy (non-hydrogen) atoms. The first-order valence-corrected chi connectivity index (χ1v) is 8.58. The second-order valence-electron chi connectivity index (χ2n) is 4.46. The number of anilines is 1. The van der Waals surface area contributed by atoms with Gasteiger partial charge in [-0.05, 0) is 24.6 Å². The summed E-state index contributed by atoms with van der Waals surface area (Å²) in [5.74, 6) is 0.519. The molecule has 1 unspecified atom stereocenters. The van der Waals surface area contributed by atoms with Crippen molar-refractivity contribution in [2.45, 2.75) is 18.3 Å². The van der Waals surface area contributed by atoms with E-state index >= 15 is 0 Å². The minimum atomic E-state index is -2.83. The number of benzene rings is 1. The second kappa shape index (κ2) is 4.98. The maximum Gasteiger partial charge on any atom is 0.154 e. The van der Waals surface area contributed by atoms with E-state index in [9.17, 15) is 8.42 Å². The normalized spacial score (nSPS) is 23.6. The highest BCUT2D eigenvalue weighted by molar-refractivity contribution is 9.08. The standard InChI is InChI=1S/C12H16BrNO2S/c1-10-9-17(15,16)7-6-14(10)12-4-2-11(8-13)3-5-12/h2-5,10H,6-9H2,1H3. The molecule has 1 aromatic carbocycles. The molecule has 0 radical (unpaired) electrons. The van der Waals surface area contributed by atoms with Gasteiger partial charge in [0, 0.05) is 23.6 Å². The average Bonchev–Trinajstić information content (AvgIpc) is 2.28. The van der Waals surface area contributed by atoms with E-state index in [1.807, 2.05) is 6.92 Å². The van der Waals surface area contributed by atoms with Gasteiger partial charge in [-0.2, -0.15) is 0 Å². The number of sulfone groups is 1. The van der Waals surface area contributed by atoms with Crippen LogP contribution in [-0.2, 0) is 15.2 Å². The highest BCUT2D eigenvalue weighted by atomic mass is 79.9. The molecule has 1 aliphatic rings. The van der Waals surface area contributed by atoms with Crippen LogP contribution in [0.25, 0.3) is 0 Å². The van der Waals surface area contributed by atoms with E-state index in [-0.39, 0.29) is 17.5 Å². The van der Waals surface area contributed by atoms with Gasteiger partial charge in [0.2, 0.25) is 0 Å². The zero-order chi connectivity index (χ0) is 12.5. The van der Waals surface area contributed by atoms with Gasteiger partial charge in [0.1, 0.15) is 0 Å². The molecule has 1 fully saturated rings. The van der Waals surface area contributed by atoms with Crippen molar-refractivity contribution < 1.29 is 8.42 Å². The lowest BCUT2D eigenvalue weighted by Crippen LogP contribution is -2.46. The van der Waals surface area contributed by atoms with Gasteiger partial charge in [-0.3, -0.25) is 0 Å². The number of nitrogens with zero attached hydrogens (tertiary/aromatic N) is 1. The molecule has 1 aromatic rings. The number of rotatable bonds is 2. The molecule has 1 heterocycles. The number of alkyl halides is 1. The Balaban J connectivity index is 2.17. The van der Waals surface area contributed by atoms with Gasteiger partial charge in [-0.15, -0.1) is 0 Å². The highest BCUT2D eigenvalue weighted by Crippen LogP contribution is 2.22. The second-order valence-corrected chi connectivity index (χ2v) is 7.25. The molecule has 1 atom stereocenters. The van der Waals surface area contributed by atoms with Gasteiger partial charge < -0.3 is 4.90 Å². The molecular weight excluding hydrogens is 302 g/mol. The largest absolute Gasteiger partial charge is 0.367 e. The third-order valence-corrected chi connectivity index (χ3v) is 5.54. The molecule has 5 heteroatoms. The van der Waals surface area contributed by atoms with Crippen LogP contribution < -0.4 is 4.90 Å². The van der Waals surface area contributed by atoms with Crippen molar-refractivity contribution in [3.8, 4) is 0 Å². The molecule has 0 saturated carbocycles. The van der Waals surface area contributed by atoms with Crippen LogP contribution in [-0.4, -0.2) is 32.5 Å². The SMILES string of the molecule is CC1CS(=O)(=O)CCN1c1ccc(CBr)cc1. The molecule has 0 amide bonds. The fourth-order valence-electron chi connectivity index (χ4n) is 2.16. The summed E-state index contributed by atoms with van der Waals surface area (Å²) in [6, 6.07) is 8.32. The molecule has 0 bridgehead atoms. The smallest absolute Gasteiger partial charge is 0.154 e. The maximum absolute atomic E-state index is 11.5. The van der Waals surface area contributed by atoms with Crippen molar-refractivity contribution >= 4 is 31.5 Å². The Bertz CT molecular complexity index is 484. The van der Waals surface area contributed by atoms with Crippen LogP contribution in [0.15, 0.2) is 24.3 Å². The quantitative estimate of drug-likeness (QED) is 0.785. The van der Waals surface area contributed by atoms with Crippen molar-refractivity contribution in [3.05, 3.63) is 29.8 Å². The topological polar surface area (TPSA) is 37.4 Å². The summed E-state index contributed by atoms with van der Waals surface area (Å²) in [6.45, 7) is 2.56. The van der Waals surface area contributed by atoms with E-state index in [1.54, 1.807) is 0 Å². The molecule has 0 N–H and O–H groups in total. The summed E-state index contributed by atoms with van der Waals surface area (Å²) >= 11 is 3.41. The Kier molecular flexibility index (Phi) is 3.78. The van der Waals surface area contributed by atoms with Crippen LogP contribution in [0.3, 0.4) is 0 Å². The zero-order valence-corrected chi connectivity index (χ0v) is 12.2. The summed E-state index contributed by atoms with van der Waals surface area (Å²) in [7, 11) is -2.83. The van der Waals surface area contributed by atoms with Crippen molar-refractivity contribution in [2.24, 2.45) is 0 Å². The first-order valence-electron chi connectivity index (χ1n) is 5.64. The summed E-state index contributed by atoms with van der Waals surface area (Å²) < 4.78 is 23.0. The van der Waals surface area contributed by atoms with Gasteiger partial charge in [-0.25, -0.2) is 8.42 Å². The fraction of sp³-hybridized carbons (Fsp3) is 0.500. The molecule has 0 aliphatic carbocycles. The van der Waals surface area contributed by atoms with Gasteiger partial charge in [0.05, 0.1) is 11.5 Å². The van der Waals surface area contributed by atoms with Crippen LogP contribution in [0.1, 0.15) is 12.5 Å². The summed E-state index contributed by atoms with van der Waals surface area (Å²) in [4.78, 5) is 2.17. The lowest BCUT2D eigenvalue weighted by atomic mass is 10.2. The third kappa shape index (κ3) is 3.01. The molecule has 1 aliphatic heterocycles. The van der Waals surface area contributed by atoms with E-state index in [4.69, 9.17) is 0 Å². The number of halogens is 1. The minimum Gasteiger partial charge on any atom is -0.367 e. The lowest BCUT2D eigenvalue weighted by molar-refractivity contribution is 0.568. The van der Waals surface area contributed by atoms with Crippen molar-refractivity contribution in [1.29, 1.82) is 0 Å². The van der Waals surface area contributed by atoms with Crippen LogP contribution in [0.2, 0.25) is 0 Å². The lowest BCUT2D eigenvalue weighted by Gasteiger charge is -2.35. The number of hydrogen-bond acceptors (Lipinski definition) is 3. The Labute approximate surface area is 111 Å². The average molecular weight is 318 g/mol. The van der Waals surface area contributed by atoms with E-state index < -0.39 is 9.84 Å². The molecule has 94 valence electrons. The van der Waals surface area contributed by atoms with E-state index in [0.29, 0.717) is 6.54 Å². The Morgan fingerprint density at radius 3 is 2.53 bits per heavy atom. The summed E-state index contributed by atoms with van der Waals surface area (Å²) in [5.41, 5.74) is 2.34. The van der Waals surface area contributed by atoms with Gasteiger partial charge in [0.15, 0.2) is 9.84 Å². The highest BCUT2D eigenvalue weighted by Gasteiger charge is 2.27. The Morgan fingerprint density at radius 2 is 2.00 bits per heavy atom. The summed E-state index contributed by atoms with van der Waals surface area (Å²) in [5, 5.41) is 0.844.